The highest BCUT2D eigenvalue weighted by molar-refractivity contribution is 5.84. The molecule has 0 fully saturated rings. The number of hydrogen-bond donors (Lipinski definition) is 2. The summed E-state index contributed by atoms with van der Waals surface area (Å²) in [5.41, 5.74) is 1.20. The number of nitrogens with one attached hydrogen (secondary N) is 2. The number of amides is 1. The van der Waals surface area contributed by atoms with Crippen molar-refractivity contribution < 1.29 is 16.4 Å². The monoisotopic (exact) mass is 237 g/mol. The summed E-state index contributed by atoms with van der Waals surface area (Å²) in [6, 6.07) is 2.80. The maximum atomic E-state index is 10.9. The molecule has 1 aromatic carbocycles. The molecule has 0 radical (unpaired) electrons. The SMILES string of the molecule is [2H]c1cc2[nH]c([2H])c(CCNC(C)=O)c2cc1OC([2H])([2H])[2H]. The number of ether oxygens (including phenoxy) is 1. The smallest absolute Gasteiger partial charge is 0.216 e. The van der Waals surface area contributed by atoms with Crippen LogP contribution in [-0.4, -0.2) is 24.5 Å². The number of fused-ring (bicyclic) bond motifs is 1. The van der Waals surface area contributed by atoms with Crippen molar-refractivity contribution in [1.82, 2.24) is 10.3 Å². The summed E-state index contributed by atoms with van der Waals surface area (Å²) in [7, 11) is -2.64. The molecular formula is C13H16N2O2. The molecule has 2 N–H and O–H groups in total. The van der Waals surface area contributed by atoms with E-state index in [9.17, 15) is 4.79 Å². The van der Waals surface area contributed by atoms with Crippen LogP contribution in [0.4, 0.5) is 0 Å². The topological polar surface area (TPSA) is 54.1 Å². The normalized spacial score (nSPS) is 15.5. The number of rotatable bonds is 4. The van der Waals surface area contributed by atoms with Gasteiger partial charge in [-0.1, -0.05) is 0 Å². The molecule has 1 amide bonds. The number of aromatic amines is 1. The Hall–Kier alpha value is -1.97. The highest BCUT2D eigenvalue weighted by atomic mass is 16.5. The molecule has 90 valence electrons. The summed E-state index contributed by atoms with van der Waals surface area (Å²) in [6.45, 7) is 1.78. The molecule has 0 aliphatic rings. The third-order valence-electron chi connectivity index (χ3n) is 2.46. The second kappa shape index (κ2) is 4.91. The molecule has 0 aliphatic carbocycles. The van der Waals surface area contributed by atoms with Crippen LogP contribution in [0.15, 0.2) is 24.3 Å². The van der Waals surface area contributed by atoms with Gasteiger partial charge in [-0.25, -0.2) is 0 Å². The van der Waals surface area contributed by atoms with E-state index in [0.29, 0.717) is 29.4 Å². The van der Waals surface area contributed by atoms with Crippen LogP contribution < -0.4 is 10.1 Å². The zero-order valence-electron chi connectivity index (χ0n) is 14.4. The van der Waals surface area contributed by atoms with Gasteiger partial charge in [-0.05, 0) is 30.2 Å². The van der Waals surface area contributed by atoms with Gasteiger partial charge in [0, 0.05) is 30.5 Å². The zero-order valence-corrected chi connectivity index (χ0v) is 9.39. The van der Waals surface area contributed by atoms with Crippen molar-refractivity contribution in [3.05, 3.63) is 29.9 Å². The first-order valence-electron chi connectivity index (χ1n) is 7.72. The molecule has 0 aliphatic heterocycles. The number of methoxy groups -OCH3 is 1. The molecule has 1 heterocycles. The van der Waals surface area contributed by atoms with E-state index >= 15 is 0 Å². The van der Waals surface area contributed by atoms with Gasteiger partial charge in [0.15, 0.2) is 0 Å². The number of carbonyl (C=O) groups excluding carboxylic acids is 1. The first-order chi connectivity index (χ1) is 10.2. The van der Waals surface area contributed by atoms with Crippen molar-refractivity contribution >= 4 is 16.8 Å². The summed E-state index contributed by atoms with van der Waals surface area (Å²) in [6.07, 6.45) is 0.592. The number of aromatic nitrogens is 1. The number of hydrogen-bond acceptors (Lipinski definition) is 2. The molecule has 0 saturated heterocycles. The Morgan fingerprint density at radius 2 is 2.59 bits per heavy atom. The Morgan fingerprint density at radius 1 is 1.71 bits per heavy atom. The fourth-order valence-corrected chi connectivity index (χ4v) is 1.65. The molecule has 0 spiro atoms. The van der Waals surface area contributed by atoms with E-state index in [2.05, 4.69) is 10.3 Å². The highest BCUT2D eigenvalue weighted by Crippen LogP contribution is 2.23. The lowest BCUT2D eigenvalue weighted by Crippen LogP contribution is -2.22. The zero-order chi connectivity index (χ0) is 16.5. The van der Waals surface area contributed by atoms with Gasteiger partial charge in [0.2, 0.25) is 5.91 Å². The average Bonchev–Trinajstić information content (AvgIpc) is 2.64. The Labute approximate surface area is 107 Å². The average molecular weight is 237 g/mol. The first kappa shape index (κ1) is 6.69. The second-order valence-electron chi connectivity index (χ2n) is 3.69. The Kier molecular flexibility index (Phi) is 1.93. The molecule has 0 unspecified atom stereocenters. The Balaban J connectivity index is 2.37. The third kappa shape index (κ3) is 2.58. The standard InChI is InChI=1S/C13H16N2O2/c1-9(16)14-6-5-10-8-15-13-4-3-11(17-2)7-12(10)13/h3-4,7-8,15H,5-6H2,1-2H3,(H,14,16)/i2D3,3D,8D. The van der Waals surface area contributed by atoms with E-state index in [1.54, 1.807) is 0 Å². The van der Waals surface area contributed by atoms with Crippen LogP contribution in [0.5, 0.6) is 5.75 Å². The van der Waals surface area contributed by atoms with Crippen LogP contribution in [0, 0.1) is 0 Å². The van der Waals surface area contributed by atoms with Crippen LogP contribution >= 0.6 is 0 Å². The fraction of sp³-hybridized carbons (Fsp3) is 0.308. The minimum atomic E-state index is -2.64. The van der Waals surface area contributed by atoms with E-state index < -0.39 is 7.04 Å². The van der Waals surface area contributed by atoms with Gasteiger partial charge in [-0.2, -0.15) is 0 Å². The van der Waals surface area contributed by atoms with E-state index in [1.165, 1.54) is 19.1 Å². The number of H-pyrrole nitrogens is 1. The summed E-state index contributed by atoms with van der Waals surface area (Å²) in [4.78, 5) is 13.7. The van der Waals surface area contributed by atoms with Gasteiger partial charge >= 0.3 is 0 Å². The van der Waals surface area contributed by atoms with E-state index in [0.717, 1.165) is 0 Å². The number of carbonyl (C=O) groups is 1. The quantitative estimate of drug-likeness (QED) is 0.852. The number of benzene rings is 1. The summed E-state index contributed by atoms with van der Waals surface area (Å²) in [5, 5.41) is 3.26. The fourth-order valence-electron chi connectivity index (χ4n) is 1.65. The Bertz CT molecular complexity index is 708. The predicted octanol–water partition coefficient (Wildman–Crippen LogP) is 1.86. The van der Waals surface area contributed by atoms with Crippen molar-refractivity contribution in [2.24, 2.45) is 0 Å². The minimum absolute atomic E-state index is 0.0627. The summed E-state index contributed by atoms with van der Waals surface area (Å²) >= 11 is 0. The van der Waals surface area contributed by atoms with Crippen molar-refractivity contribution in [2.45, 2.75) is 13.3 Å². The van der Waals surface area contributed by atoms with Crippen LogP contribution in [0.25, 0.3) is 10.9 Å². The lowest BCUT2D eigenvalue weighted by Gasteiger charge is -2.03. The van der Waals surface area contributed by atoms with Crippen molar-refractivity contribution in [3.8, 4) is 5.75 Å². The van der Waals surface area contributed by atoms with Gasteiger partial charge in [0.25, 0.3) is 0 Å². The van der Waals surface area contributed by atoms with Crippen molar-refractivity contribution in [1.29, 1.82) is 0 Å². The molecule has 1 aromatic heterocycles. The highest BCUT2D eigenvalue weighted by Gasteiger charge is 2.05. The van der Waals surface area contributed by atoms with E-state index in [-0.39, 0.29) is 23.9 Å². The van der Waals surface area contributed by atoms with Gasteiger partial charge in [-0.3, -0.25) is 4.79 Å². The molecule has 2 aromatic rings. The van der Waals surface area contributed by atoms with Crippen molar-refractivity contribution in [2.75, 3.05) is 13.6 Å². The second-order valence-corrected chi connectivity index (χ2v) is 3.69. The molecule has 0 saturated carbocycles. The first-order valence-corrected chi connectivity index (χ1v) is 5.22. The molecule has 2 rings (SSSR count). The maximum Gasteiger partial charge on any atom is 0.216 e. The van der Waals surface area contributed by atoms with E-state index in [4.69, 9.17) is 11.6 Å². The maximum absolute atomic E-state index is 10.9. The van der Waals surface area contributed by atoms with Crippen LogP contribution in [-0.2, 0) is 11.2 Å². The summed E-state index contributed by atoms with van der Waals surface area (Å²) in [5.74, 6) is -0.224. The lowest BCUT2D eigenvalue weighted by molar-refractivity contribution is -0.118. The van der Waals surface area contributed by atoms with Gasteiger partial charge < -0.3 is 15.0 Å². The molecule has 4 nitrogen and oxygen atoms in total. The van der Waals surface area contributed by atoms with Crippen LogP contribution in [0.3, 0.4) is 0 Å². The molecule has 0 bridgehead atoms. The molecule has 0 atom stereocenters. The van der Waals surface area contributed by atoms with Gasteiger partial charge in [-0.15, -0.1) is 0 Å². The van der Waals surface area contributed by atoms with Crippen molar-refractivity contribution in [3.63, 3.8) is 0 Å². The molecule has 17 heavy (non-hydrogen) atoms. The third-order valence-corrected chi connectivity index (χ3v) is 2.46. The lowest BCUT2D eigenvalue weighted by atomic mass is 10.1. The van der Waals surface area contributed by atoms with Gasteiger partial charge in [0.1, 0.15) is 5.75 Å². The van der Waals surface area contributed by atoms with E-state index in [1.807, 2.05) is 0 Å². The largest absolute Gasteiger partial charge is 0.497 e. The summed E-state index contributed by atoms with van der Waals surface area (Å²) < 4.78 is 41.9. The minimum Gasteiger partial charge on any atom is -0.497 e. The van der Waals surface area contributed by atoms with Crippen LogP contribution in [0.2, 0.25) is 0 Å². The molecular weight excluding hydrogens is 216 g/mol. The van der Waals surface area contributed by atoms with Crippen LogP contribution in [0.1, 0.15) is 19.3 Å². The Morgan fingerprint density at radius 3 is 3.35 bits per heavy atom. The van der Waals surface area contributed by atoms with Gasteiger partial charge in [0.05, 0.1) is 13.9 Å². The molecule has 4 heteroatoms. The predicted molar refractivity (Wildman–Crippen MR) is 67.2 cm³/mol.